The Morgan fingerprint density at radius 1 is 1.37 bits per heavy atom. The van der Waals surface area contributed by atoms with E-state index in [-0.39, 0.29) is 5.91 Å². The van der Waals surface area contributed by atoms with Gasteiger partial charge in [-0.25, -0.2) is 0 Å². The van der Waals surface area contributed by atoms with Crippen LogP contribution in [0.4, 0.5) is 5.82 Å². The third-order valence-corrected chi connectivity index (χ3v) is 2.67. The summed E-state index contributed by atoms with van der Waals surface area (Å²) in [6.45, 7) is 6.55. The first-order valence-corrected chi connectivity index (χ1v) is 6.58. The number of hydrogen-bond donors (Lipinski definition) is 1. The number of carbonyl (C=O) groups is 1. The standard InChI is InChI=1S/C13H22N4O2/c1-4-8-14-12-7-6-11(15-16-12)13(18)17(5-2)9-10-19-3/h6-7H,4-5,8-10H2,1-3H3,(H,14,16). The van der Waals surface area contributed by atoms with Crippen molar-refractivity contribution < 1.29 is 9.53 Å². The summed E-state index contributed by atoms with van der Waals surface area (Å²) < 4.78 is 4.98. The lowest BCUT2D eigenvalue weighted by atomic mass is 10.3. The molecule has 1 aromatic heterocycles. The van der Waals surface area contributed by atoms with Crippen LogP contribution in [0.15, 0.2) is 12.1 Å². The van der Waals surface area contributed by atoms with Gasteiger partial charge in [0.15, 0.2) is 5.69 Å². The topological polar surface area (TPSA) is 67.4 Å². The van der Waals surface area contributed by atoms with E-state index < -0.39 is 0 Å². The molecule has 6 nitrogen and oxygen atoms in total. The molecule has 0 saturated heterocycles. The van der Waals surface area contributed by atoms with Crippen molar-refractivity contribution in [3.63, 3.8) is 0 Å². The largest absolute Gasteiger partial charge is 0.383 e. The number of aromatic nitrogens is 2. The van der Waals surface area contributed by atoms with Crippen LogP contribution >= 0.6 is 0 Å². The first-order valence-electron chi connectivity index (χ1n) is 6.58. The van der Waals surface area contributed by atoms with Gasteiger partial charge in [0, 0.05) is 26.7 Å². The van der Waals surface area contributed by atoms with Crippen LogP contribution in [-0.2, 0) is 4.74 Å². The Hall–Kier alpha value is -1.69. The van der Waals surface area contributed by atoms with Crippen LogP contribution in [0.5, 0.6) is 0 Å². The summed E-state index contributed by atoms with van der Waals surface area (Å²) >= 11 is 0. The van der Waals surface area contributed by atoms with Gasteiger partial charge in [-0.2, -0.15) is 0 Å². The maximum absolute atomic E-state index is 12.2. The fraction of sp³-hybridized carbons (Fsp3) is 0.615. The maximum atomic E-state index is 12.2. The van der Waals surface area contributed by atoms with Gasteiger partial charge in [-0.05, 0) is 25.5 Å². The molecule has 0 aliphatic heterocycles. The Bertz CT molecular complexity index is 381. The molecule has 0 spiro atoms. The lowest BCUT2D eigenvalue weighted by Crippen LogP contribution is -2.34. The number of methoxy groups -OCH3 is 1. The Morgan fingerprint density at radius 2 is 2.16 bits per heavy atom. The van der Waals surface area contributed by atoms with Gasteiger partial charge < -0.3 is 15.0 Å². The molecule has 1 heterocycles. The molecule has 0 fully saturated rings. The molecule has 0 radical (unpaired) electrons. The number of hydrogen-bond acceptors (Lipinski definition) is 5. The molecule has 1 amide bonds. The SMILES string of the molecule is CCCNc1ccc(C(=O)N(CC)CCOC)nn1. The number of amides is 1. The number of ether oxygens (including phenoxy) is 1. The van der Waals surface area contributed by atoms with Crippen LogP contribution in [0.3, 0.4) is 0 Å². The summed E-state index contributed by atoms with van der Waals surface area (Å²) in [4.78, 5) is 13.8. The number of likely N-dealkylation sites (N-methyl/N-ethyl adjacent to an activating group) is 1. The highest BCUT2D eigenvalue weighted by atomic mass is 16.5. The molecular formula is C13H22N4O2. The Labute approximate surface area is 114 Å². The van der Waals surface area contributed by atoms with Gasteiger partial charge in [-0.15, -0.1) is 10.2 Å². The monoisotopic (exact) mass is 266 g/mol. The zero-order chi connectivity index (χ0) is 14.1. The fourth-order valence-electron chi connectivity index (χ4n) is 1.56. The molecule has 0 aromatic carbocycles. The Balaban J connectivity index is 2.65. The highest BCUT2D eigenvalue weighted by molar-refractivity contribution is 5.92. The lowest BCUT2D eigenvalue weighted by Gasteiger charge is -2.19. The van der Waals surface area contributed by atoms with Crippen molar-refractivity contribution in [2.75, 3.05) is 38.7 Å². The second-order valence-electron chi connectivity index (χ2n) is 4.11. The maximum Gasteiger partial charge on any atom is 0.274 e. The number of anilines is 1. The van der Waals surface area contributed by atoms with Crippen molar-refractivity contribution in [1.29, 1.82) is 0 Å². The second kappa shape index (κ2) is 8.42. The fourth-order valence-corrected chi connectivity index (χ4v) is 1.56. The minimum absolute atomic E-state index is 0.117. The number of rotatable bonds is 8. The molecule has 0 bridgehead atoms. The van der Waals surface area contributed by atoms with Gasteiger partial charge in [0.25, 0.3) is 5.91 Å². The Kier molecular flexibility index (Phi) is 6.81. The number of carbonyl (C=O) groups excluding carboxylic acids is 1. The van der Waals surface area contributed by atoms with E-state index in [4.69, 9.17) is 4.74 Å². The molecule has 19 heavy (non-hydrogen) atoms. The second-order valence-corrected chi connectivity index (χ2v) is 4.11. The quantitative estimate of drug-likeness (QED) is 0.770. The first kappa shape index (κ1) is 15.4. The molecule has 1 N–H and O–H groups in total. The average molecular weight is 266 g/mol. The van der Waals surface area contributed by atoms with Crippen LogP contribution in [0.1, 0.15) is 30.8 Å². The van der Waals surface area contributed by atoms with E-state index in [0.29, 0.717) is 31.2 Å². The van der Waals surface area contributed by atoms with Gasteiger partial charge in [0.05, 0.1) is 6.61 Å². The highest BCUT2D eigenvalue weighted by Gasteiger charge is 2.15. The minimum Gasteiger partial charge on any atom is -0.383 e. The van der Waals surface area contributed by atoms with Gasteiger partial charge >= 0.3 is 0 Å². The van der Waals surface area contributed by atoms with E-state index >= 15 is 0 Å². The normalized spacial score (nSPS) is 10.3. The van der Waals surface area contributed by atoms with Gasteiger partial charge in [-0.3, -0.25) is 4.79 Å². The molecule has 0 aliphatic carbocycles. The number of nitrogens with zero attached hydrogens (tertiary/aromatic N) is 3. The molecule has 6 heteroatoms. The van der Waals surface area contributed by atoms with E-state index in [0.717, 1.165) is 13.0 Å². The summed E-state index contributed by atoms with van der Waals surface area (Å²) in [5.74, 6) is 0.576. The zero-order valence-corrected chi connectivity index (χ0v) is 11.8. The first-order chi connectivity index (χ1) is 9.22. The van der Waals surface area contributed by atoms with Crippen molar-refractivity contribution in [2.24, 2.45) is 0 Å². The van der Waals surface area contributed by atoms with Crippen molar-refractivity contribution in [3.05, 3.63) is 17.8 Å². The van der Waals surface area contributed by atoms with Crippen LogP contribution in [0.25, 0.3) is 0 Å². The average Bonchev–Trinajstić information content (AvgIpc) is 2.46. The van der Waals surface area contributed by atoms with E-state index in [2.05, 4.69) is 22.4 Å². The molecule has 0 saturated carbocycles. The van der Waals surface area contributed by atoms with Gasteiger partial charge in [0.2, 0.25) is 0 Å². The summed E-state index contributed by atoms with van der Waals surface area (Å²) in [7, 11) is 1.62. The van der Waals surface area contributed by atoms with Crippen molar-refractivity contribution >= 4 is 11.7 Å². The van der Waals surface area contributed by atoms with E-state index in [1.54, 1.807) is 24.1 Å². The predicted octanol–water partition coefficient (Wildman–Crippen LogP) is 1.41. The van der Waals surface area contributed by atoms with E-state index in [1.807, 2.05) is 6.92 Å². The summed E-state index contributed by atoms with van der Waals surface area (Å²) in [5.41, 5.74) is 0.361. The minimum atomic E-state index is -0.117. The van der Waals surface area contributed by atoms with Gasteiger partial charge in [-0.1, -0.05) is 6.92 Å². The molecule has 106 valence electrons. The van der Waals surface area contributed by atoms with Crippen LogP contribution in [0.2, 0.25) is 0 Å². The lowest BCUT2D eigenvalue weighted by molar-refractivity contribution is 0.0699. The summed E-state index contributed by atoms with van der Waals surface area (Å²) in [5, 5.41) is 11.1. The molecule has 0 aliphatic rings. The predicted molar refractivity (Wildman–Crippen MR) is 74.3 cm³/mol. The summed E-state index contributed by atoms with van der Waals surface area (Å²) in [6, 6.07) is 3.48. The van der Waals surface area contributed by atoms with Crippen LogP contribution in [0, 0.1) is 0 Å². The molecule has 0 atom stereocenters. The van der Waals surface area contributed by atoms with E-state index in [9.17, 15) is 4.79 Å². The smallest absolute Gasteiger partial charge is 0.274 e. The van der Waals surface area contributed by atoms with Crippen LogP contribution < -0.4 is 5.32 Å². The third-order valence-electron chi connectivity index (χ3n) is 2.67. The van der Waals surface area contributed by atoms with Crippen LogP contribution in [-0.4, -0.2) is 54.4 Å². The molecule has 1 rings (SSSR count). The molecular weight excluding hydrogens is 244 g/mol. The third kappa shape index (κ3) is 4.82. The summed E-state index contributed by atoms with van der Waals surface area (Å²) in [6.07, 6.45) is 1.02. The molecule has 1 aromatic rings. The molecule has 0 unspecified atom stereocenters. The van der Waals surface area contributed by atoms with Crippen molar-refractivity contribution in [2.45, 2.75) is 20.3 Å². The van der Waals surface area contributed by atoms with Crippen molar-refractivity contribution in [1.82, 2.24) is 15.1 Å². The Morgan fingerprint density at radius 3 is 2.68 bits per heavy atom. The number of nitrogens with one attached hydrogen (secondary N) is 1. The van der Waals surface area contributed by atoms with Gasteiger partial charge in [0.1, 0.15) is 5.82 Å². The van der Waals surface area contributed by atoms with Crippen molar-refractivity contribution in [3.8, 4) is 0 Å². The zero-order valence-electron chi connectivity index (χ0n) is 11.8. The highest BCUT2D eigenvalue weighted by Crippen LogP contribution is 2.05. The van der Waals surface area contributed by atoms with E-state index in [1.165, 1.54) is 0 Å².